The van der Waals surface area contributed by atoms with Crippen molar-refractivity contribution in [3.8, 4) is 0 Å². The fourth-order valence-electron chi connectivity index (χ4n) is 4.39. The Hall–Kier alpha value is -3.54. The topological polar surface area (TPSA) is 73.4 Å². The van der Waals surface area contributed by atoms with Gasteiger partial charge in [-0.25, -0.2) is 9.79 Å². The molecule has 1 aliphatic carbocycles. The lowest BCUT2D eigenvalue weighted by Gasteiger charge is -2.29. The largest absolute Gasteiger partial charge is 0.332 e. The molecule has 0 fully saturated rings. The van der Waals surface area contributed by atoms with Crippen molar-refractivity contribution < 1.29 is 4.79 Å². The zero-order chi connectivity index (χ0) is 19.6. The maximum absolute atomic E-state index is 13.3. The SMILES string of the molecule is Cn1c2c(c(=O)n(C)c1=O)C(c1ccccc1)C1C(=O)c3ccccc3C1=N2. The predicted octanol–water partition coefficient (Wildman–Crippen LogP) is 2.16. The lowest BCUT2D eigenvalue weighted by Crippen LogP contribution is -2.43. The summed E-state index contributed by atoms with van der Waals surface area (Å²) in [7, 11) is 3.06. The van der Waals surface area contributed by atoms with E-state index in [0.29, 0.717) is 22.7 Å². The Labute approximate surface area is 160 Å². The first kappa shape index (κ1) is 16.6. The van der Waals surface area contributed by atoms with E-state index in [9.17, 15) is 14.4 Å². The minimum absolute atomic E-state index is 0.0373. The standard InChI is InChI=1S/C22H17N3O3/c1-24-20-17(21(27)25(2)22(24)28)15(12-8-4-3-5-9-12)16-18(23-20)13-10-6-7-11-14(13)19(16)26/h3-11,15-16H,1-2H3. The molecule has 0 bridgehead atoms. The molecule has 0 radical (unpaired) electrons. The number of nitrogens with zero attached hydrogens (tertiary/aromatic N) is 3. The van der Waals surface area contributed by atoms with Crippen LogP contribution in [0.2, 0.25) is 0 Å². The molecule has 2 atom stereocenters. The Balaban J connectivity index is 1.92. The number of benzene rings is 2. The molecule has 0 saturated heterocycles. The highest BCUT2D eigenvalue weighted by molar-refractivity contribution is 6.30. The second kappa shape index (κ2) is 5.73. The van der Waals surface area contributed by atoms with Crippen molar-refractivity contribution >= 4 is 17.3 Å². The highest BCUT2D eigenvalue weighted by atomic mass is 16.2. The van der Waals surface area contributed by atoms with Gasteiger partial charge in [0, 0.05) is 31.1 Å². The van der Waals surface area contributed by atoms with Gasteiger partial charge in [-0.2, -0.15) is 0 Å². The van der Waals surface area contributed by atoms with Crippen LogP contribution in [0.5, 0.6) is 0 Å². The van der Waals surface area contributed by atoms with E-state index < -0.39 is 23.1 Å². The summed E-state index contributed by atoms with van der Waals surface area (Å²) >= 11 is 0. The van der Waals surface area contributed by atoms with Crippen LogP contribution < -0.4 is 11.2 Å². The number of fused-ring (bicyclic) bond motifs is 4. The quantitative estimate of drug-likeness (QED) is 0.658. The van der Waals surface area contributed by atoms with Crippen LogP contribution >= 0.6 is 0 Å². The monoisotopic (exact) mass is 371 g/mol. The van der Waals surface area contributed by atoms with Crippen molar-refractivity contribution in [3.63, 3.8) is 0 Å². The lowest BCUT2D eigenvalue weighted by molar-refractivity contribution is 0.0953. The zero-order valence-electron chi connectivity index (χ0n) is 15.4. The molecule has 0 saturated carbocycles. The lowest BCUT2D eigenvalue weighted by atomic mass is 9.76. The third kappa shape index (κ3) is 2.03. The fourth-order valence-corrected chi connectivity index (χ4v) is 4.39. The van der Waals surface area contributed by atoms with Crippen LogP contribution in [0.3, 0.4) is 0 Å². The van der Waals surface area contributed by atoms with Gasteiger partial charge < -0.3 is 0 Å². The van der Waals surface area contributed by atoms with Crippen LogP contribution in [0.25, 0.3) is 0 Å². The molecular weight excluding hydrogens is 354 g/mol. The number of carbonyl (C=O) groups excluding carboxylic acids is 1. The molecule has 2 aliphatic rings. The van der Waals surface area contributed by atoms with Crippen LogP contribution in [0.4, 0.5) is 5.82 Å². The van der Waals surface area contributed by atoms with Gasteiger partial charge in [0.1, 0.15) is 5.82 Å². The molecular formula is C22H17N3O3. The Bertz CT molecular complexity index is 1300. The van der Waals surface area contributed by atoms with Gasteiger partial charge in [-0.05, 0) is 5.56 Å². The second-order valence-corrected chi connectivity index (χ2v) is 7.22. The highest BCUT2D eigenvalue weighted by Gasteiger charge is 2.47. The first-order chi connectivity index (χ1) is 13.5. The summed E-state index contributed by atoms with van der Waals surface area (Å²) in [4.78, 5) is 43.6. The molecule has 0 spiro atoms. The third-order valence-electron chi connectivity index (χ3n) is 5.74. The van der Waals surface area contributed by atoms with E-state index in [-0.39, 0.29) is 5.78 Å². The molecule has 2 unspecified atom stereocenters. The molecule has 2 aromatic carbocycles. The molecule has 3 aromatic rings. The molecule has 1 aliphatic heterocycles. The summed E-state index contributed by atoms with van der Waals surface area (Å²) in [6.07, 6.45) is 0. The van der Waals surface area contributed by atoms with E-state index in [1.54, 1.807) is 13.1 Å². The van der Waals surface area contributed by atoms with Crippen LogP contribution in [0, 0.1) is 5.92 Å². The van der Waals surface area contributed by atoms with Gasteiger partial charge in [-0.1, -0.05) is 54.6 Å². The number of rotatable bonds is 1. The van der Waals surface area contributed by atoms with Crippen LogP contribution in [0.1, 0.15) is 33.0 Å². The van der Waals surface area contributed by atoms with Gasteiger partial charge in [0.25, 0.3) is 5.56 Å². The Morgan fingerprint density at radius 3 is 2.14 bits per heavy atom. The number of Topliss-reactive ketones (excluding diaryl/α,β-unsaturated/α-hetero) is 1. The van der Waals surface area contributed by atoms with Gasteiger partial charge in [0.05, 0.1) is 17.2 Å². The molecule has 0 N–H and O–H groups in total. The first-order valence-corrected chi connectivity index (χ1v) is 9.07. The average molecular weight is 371 g/mol. The number of aromatic nitrogens is 2. The van der Waals surface area contributed by atoms with Crippen molar-refractivity contribution in [2.24, 2.45) is 25.0 Å². The van der Waals surface area contributed by atoms with Crippen molar-refractivity contribution in [2.45, 2.75) is 5.92 Å². The van der Waals surface area contributed by atoms with E-state index in [1.807, 2.05) is 48.5 Å². The molecule has 6 heteroatoms. The summed E-state index contributed by atoms with van der Waals surface area (Å²) in [5.74, 6) is -0.769. The summed E-state index contributed by atoms with van der Waals surface area (Å²) in [6.45, 7) is 0. The minimum Gasteiger partial charge on any atom is -0.293 e. The number of hydrogen-bond donors (Lipinski definition) is 0. The molecule has 2 heterocycles. The van der Waals surface area contributed by atoms with Crippen molar-refractivity contribution in [1.82, 2.24) is 9.13 Å². The predicted molar refractivity (Wildman–Crippen MR) is 106 cm³/mol. The first-order valence-electron chi connectivity index (χ1n) is 9.07. The summed E-state index contributed by atoms with van der Waals surface area (Å²) in [6, 6.07) is 16.9. The van der Waals surface area contributed by atoms with Crippen LogP contribution in [-0.2, 0) is 14.1 Å². The van der Waals surface area contributed by atoms with E-state index in [4.69, 9.17) is 0 Å². The van der Waals surface area contributed by atoms with Gasteiger partial charge in [-0.15, -0.1) is 0 Å². The summed E-state index contributed by atoms with van der Waals surface area (Å²) in [5.41, 5.74) is 2.43. The van der Waals surface area contributed by atoms with Crippen LogP contribution in [0.15, 0.2) is 69.2 Å². The number of carbonyl (C=O) groups is 1. The third-order valence-corrected chi connectivity index (χ3v) is 5.74. The maximum atomic E-state index is 13.3. The maximum Gasteiger partial charge on any atom is 0.332 e. The number of aliphatic imine (C=N–C) groups is 1. The van der Waals surface area contributed by atoms with E-state index in [0.717, 1.165) is 15.7 Å². The zero-order valence-corrected chi connectivity index (χ0v) is 15.4. The van der Waals surface area contributed by atoms with E-state index >= 15 is 0 Å². The van der Waals surface area contributed by atoms with E-state index in [1.165, 1.54) is 11.6 Å². The van der Waals surface area contributed by atoms with Gasteiger partial charge in [-0.3, -0.25) is 18.7 Å². The molecule has 0 amide bonds. The van der Waals surface area contributed by atoms with Crippen molar-refractivity contribution in [1.29, 1.82) is 0 Å². The van der Waals surface area contributed by atoms with Crippen molar-refractivity contribution in [3.05, 3.63) is 97.7 Å². The second-order valence-electron chi connectivity index (χ2n) is 7.22. The van der Waals surface area contributed by atoms with Crippen molar-refractivity contribution in [2.75, 3.05) is 0 Å². The van der Waals surface area contributed by atoms with E-state index in [2.05, 4.69) is 4.99 Å². The summed E-state index contributed by atoms with van der Waals surface area (Å²) < 4.78 is 2.48. The molecule has 6 nitrogen and oxygen atoms in total. The fraction of sp³-hybridized carbons (Fsp3) is 0.182. The smallest absolute Gasteiger partial charge is 0.293 e. The minimum atomic E-state index is -0.572. The highest BCUT2D eigenvalue weighted by Crippen LogP contribution is 2.46. The number of hydrogen-bond acceptors (Lipinski definition) is 4. The van der Waals surface area contributed by atoms with Gasteiger partial charge in [0.15, 0.2) is 5.78 Å². The molecule has 138 valence electrons. The number of ketones is 1. The molecule has 5 rings (SSSR count). The Morgan fingerprint density at radius 1 is 0.786 bits per heavy atom. The van der Waals surface area contributed by atoms with Crippen LogP contribution in [-0.4, -0.2) is 20.6 Å². The normalized spacial score (nSPS) is 19.6. The van der Waals surface area contributed by atoms with Gasteiger partial charge >= 0.3 is 5.69 Å². The summed E-state index contributed by atoms with van der Waals surface area (Å²) in [5, 5.41) is 0. The molecule has 28 heavy (non-hydrogen) atoms. The molecule has 1 aromatic heterocycles. The van der Waals surface area contributed by atoms with Gasteiger partial charge in [0.2, 0.25) is 0 Å². The Kier molecular flexibility index (Phi) is 3.40. The Morgan fingerprint density at radius 2 is 1.43 bits per heavy atom. The average Bonchev–Trinajstić information content (AvgIpc) is 3.02.